The minimum Gasteiger partial charge on any atom is -0.325 e. The number of nitrogens with zero attached hydrogens (tertiary/aromatic N) is 3. The summed E-state index contributed by atoms with van der Waals surface area (Å²) in [5, 5.41) is 9.44. The first kappa shape index (κ1) is 20.3. The molecule has 2 amide bonds. The number of hydrogen-bond acceptors (Lipinski definition) is 3. The number of carbonyl (C=O) groups is 2. The Kier molecular flexibility index (Phi) is 5.56. The Bertz CT molecular complexity index is 1020. The first-order chi connectivity index (χ1) is 13.9. The van der Waals surface area contributed by atoms with E-state index in [4.69, 9.17) is 0 Å². The van der Waals surface area contributed by atoms with Gasteiger partial charge in [-0.2, -0.15) is 5.26 Å². The molecule has 0 radical (unpaired) electrons. The maximum absolute atomic E-state index is 13.5. The molecule has 1 unspecified atom stereocenters. The second kappa shape index (κ2) is 7.92. The molecule has 2 aromatic carbocycles. The summed E-state index contributed by atoms with van der Waals surface area (Å²) in [6.07, 6.45) is 2.62. The molecule has 0 aromatic heterocycles. The van der Waals surface area contributed by atoms with Crippen molar-refractivity contribution >= 4 is 17.9 Å². The van der Waals surface area contributed by atoms with Crippen molar-refractivity contribution < 1.29 is 9.59 Å². The van der Waals surface area contributed by atoms with Crippen LogP contribution in [-0.4, -0.2) is 41.2 Å². The van der Waals surface area contributed by atoms with E-state index >= 15 is 0 Å². The van der Waals surface area contributed by atoms with Crippen LogP contribution in [0.4, 0.5) is 0 Å². The van der Waals surface area contributed by atoms with Gasteiger partial charge in [-0.15, -0.1) is 0 Å². The molecule has 1 aliphatic rings. The van der Waals surface area contributed by atoms with Gasteiger partial charge in [0.2, 0.25) is 0 Å². The number of aryl methyl sites for hydroxylation is 1. The summed E-state index contributed by atoms with van der Waals surface area (Å²) in [6.45, 7) is 3.82. The van der Waals surface area contributed by atoms with Crippen LogP contribution < -0.4 is 0 Å². The molecule has 3 rings (SSSR count). The highest BCUT2D eigenvalue weighted by molar-refractivity contribution is 6.09. The molecule has 148 valence electrons. The molecule has 1 heterocycles. The molecule has 1 saturated heterocycles. The molecule has 2 aromatic rings. The van der Waals surface area contributed by atoms with E-state index in [2.05, 4.69) is 6.07 Å². The van der Waals surface area contributed by atoms with Gasteiger partial charge >= 0.3 is 0 Å². The topological polar surface area (TPSA) is 64.4 Å². The average molecular weight is 387 g/mol. The van der Waals surface area contributed by atoms with Crippen molar-refractivity contribution in [2.24, 2.45) is 0 Å². The average Bonchev–Trinajstić information content (AvgIpc) is 2.74. The van der Waals surface area contributed by atoms with Gasteiger partial charge in [-0.05, 0) is 42.2 Å². The Morgan fingerprint density at radius 2 is 1.76 bits per heavy atom. The van der Waals surface area contributed by atoms with Gasteiger partial charge in [-0.3, -0.25) is 9.59 Å². The Hall–Kier alpha value is -3.39. The van der Waals surface area contributed by atoms with Crippen LogP contribution in [0.25, 0.3) is 6.08 Å². The Balaban J connectivity index is 2.07. The van der Waals surface area contributed by atoms with Crippen molar-refractivity contribution in [2.45, 2.75) is 32.2 Å². The van der Waals surface area contributed by atoms with Gasteiger partial charge in [-0.1, -0.05) is 49.4 Å². The largest absolute Gasteiger partial charge is 0.325 e. The van der Waals surface area contributed by atoms with Crippen molar-refractivity contribution in [3.63, 3.8) is 0 Å². The third kappa shape index (κ3) is 3.42. The molecule has 0 N–H and O–H groups in total. The zero-order valence-corrected chi connectivity index (χ0v) is 17.3. The standard InChI is InChI=1S/C24H25N3O2/c1-5-24(15-18-11-7-6-8-12-18)23(29)26(3)21(22(28)27(24)4)14-20-17(2)10-9-13-19(20)16-25/h6-14H,5,15H2,1-4H3. The number of piperazine rings is 1. The van der Waals surface area contributed by atoms with Crippen LogP contribution in [0.2, 0.25) is 0 Å². The summed E-state index contributed by atoms with van der Waals surface area (Å²) in [7, 11) is 3.33. The number of rotatable bonds is 4. The van der Waals surface area contributed by atoms with Crippen molar-refractivity contribution in [1.82, 2.24) is 9.80 Å². The van der Waals surface area contributed by atoms with Gasteiger partial charge in [0.15, 0.2) is 0 Å². The van der Waals surface area contributed by atoms with Gasteiger partial charge in [0.1, 0.15) is 11.2 Å². The van der Waals surface area contributed by atoms with E-state index < -0.39 is 5.54 Å². The second-order valence-electron chi connectivity index (χ2n) is 7.45. The molecule has 0 spiro atoms. The van der Waals surface area contributed by atoms with Crippen molar-refractivity contribution in [3.05, 3.63) is 76.5 Å². The van der Waals surface area contributed by atoms with E-state index in [1.165, 1.54) is 4.90 Å². The summed E-state index contributed by atoms with van der Waals surface area (Å²) in [5.41, 5.74) is 2.37. The highest BCUT2D eigenvalue weighted by Gasteiger charge is 2.50. The maximum atomic E-state index is 13.5. The fourth-order valence-electron chi connectivity index (χ4n) is 3.98. The Labute approximate surface area is 171 Å². The SMILES string of the molecule is CCC1(Cc2ccccc2)C(=O)N(C)C(=Cc2c(C)cccc2C#N)C(=O)N1C. The summed E-state index contributed by atoms with van der Waals surface area (Å²) in [6, 6.07) is 17.3. The van der Waals surface area contributed by atoms with Crippen LogP contribution in [0.5, 0.6) is 0 Å². The lowest BCUT2D eigenvalue weighted by Gasteiger charge is -2.47. The van der Waals surface area contributed by atoms with E-state index in [1.54, 1.807) is 31.1 Å². The number of nitriles is 1. The van der Waals surface area contributed by atoms with Crippen molar-refractivity contribution in [2.75, 3.05) is 14.1 Å². The molecular weight excluding hydrogens is 362 g/mol. The van der Waals surface area contributed by atoms with Crippen LogP contribution in [0.3, 0.4) is 0 Å². The van der Waals surface area contributed by atoms with Gasteiger partial charge in [0.25, 0.3) is 11.8 Å². The zero-order chi connectivity index (χ0) is 21.2. The molecule has 0 saturated carbocycles. The maximum Gasteiger partial charge on any atom is 0.271 e. The predicted octanol–water partition coefficient (Wildman–Crippen LogP) is 3.53. The summed E-state index contributed by atoms with van der Waals surface area (Å²) < 4.78 is 0. The van der Waals surface area contributed by atoms with Gasteiger partial charge in [-0.25, -0.2) is 0 Å². The normalized spacial score (nSPS) is 20.9. The third-order valence-corrected chi connectivity index (χ3v) is 5.88. The fourth-order valence-corrected chi connectivity index (χ4v) is 3.98. The molecule has 0 bridgehead atoms. The molecule has 1 aliphatic heterocycles. The summed E-state index contributed by atoms with van der Waals surface area (Å²) >= 11 is 0. The molecule has 0 aliphatic carbocycles. The third-order valence-electron chi connectivity index (χ3n) is 5.88. The number of benzene rings is 2. The lowest BCUT2D eigenvalue weighted by atomic mass is 9.82. The quantitative estimate of drug-likeness (QED) is 0.754. The minimum atomic E-state index is -0.936. The smallest absolute Gasteiger partial charge is 0.271 e. The van der Waals surface area contributed by atoms with Crippen LogP contribution in [0, 0.1) is 18.3 Å². The van der Waals surface area contributed by atoms with E-state index in [-0.39, 0.29) is 17.5 Å². The van der Waals surface area contributed by atoms with Crippen LogP contribution in [0.15, 0.2) is 54.2 Å². The number of hydrogen-bond donors (Lipinski definition) is 0. The predicted molar refractivity (Wildman–Crippen MR) is 113 cm³/mol. The lowest BCUT2D eigenvalue weighted by molar-refractivity contribution is -0.157. The molecule has 1 atom stereocenters. The summed E-state index contributed by atoms with van der Waals surface area (Å²) in [4.78, 5) is 29.9. The number of likely N-dealkylation sites (N-methyl/N-ethyl adjacent to an activating group) is 2. The monoisotopic (exact) mass is 387 g/mol. The highest BCUT2D eigenvalue weighted by Crippen LogP contribution is 2.34. The molecular formula is C24H25N3O2. The minimum absolute atomic E-state index is 0.121. The van der Waals surface area contributed by atoms with Crippen LogP contribution in [0.1, 0.15) is 35.6 Å². The molecule has 1 fully saturated rings. The lowest BCUT2D eigenvalue weighted by Crippen LogP contribution is -2.65. The van der Waals surface area contributed by atoms with Crippen molar-refractivity contribution in [3.8, 4) is 6.07 Å². The van der Waals surface area contributed by atoms with Crippen LogP contribution in [-0.2, 0) is 16.0 Å². The second-order valence-corrected chi connectivity index (χ2v) is 7.45. The molecule has 5 nitrogen and oxygen atoms in total. The fraction of sp³-hybridized carbons (Fsp3) is 0.292. The van der Waals surface area contributed by atoms with Gasteiger partial charge < -0.3 is 9.80 Å². The summed E-state index contributed by atoms with van der Waals surface area (Å²) in [5.74, 6) is -0.346. The zero-order valence-electron chi connectivity index (χ0n) is 17.3. The van der Waals surface area contributed by atoms with E-state index in [0.717, 1.165) is 11.1 Å². The van der Waals surface area contributed by atoms with Crippen LogP contribution >= 0.6 is 0 Å². The Morgan fingerprint density at radius 3 is 2.38 bits per heavy atom. The van der Waals surface area contributed by atoms with Crippen molar-refractivity contribution in [1.29, 1.82) is 5.26 Å². The highest BCUT2D eigenvalue weighted by atomic mass is 16.2. The number of carbonyl (C=O) groups excluding carboxylic acids is 2. The van der Waals surface area contributed by atoms with E-state index in [1.807, 2.05) is 56.3 Å². The molecule has 5 heteroatoms. The first-order valence-corrected chi connectivity index (χ1v) is 9.67. The van der Waals surface area contributed by atoms with Gasteiger partial charge in [0, 0.05) is 20.5 Å². The van der Waals surface area contributed by atoms with Gasteiger partial charge in [0.05, 0.1) is 11.6 Å². The Morgan fingerprint density at radius 1 is 1.07 bits per heavy atom. The van der Waals surface area contributed by atoms with E-state index in [0.29, 0.717) is 24.0 Å². The first-order valence-electron chi connectivity index (χ1n) is 9.67. The van der Waals surface area contributed by atoms with E-state index in [9.17, 15) is 14.9 Å². The number of amides is 2. The molecule has 29 heavy (non-hydrogen) atoms.